The standard InChI is InChI=1S/C25H36N2O/c1-28-21-6-5-19-14-24-22-4-2-3-9-25(22,23(19)15-21)10-13-27(24)17-20-16-26-11-7-18(20)8-12-26/h5-6,15,18,20,22,24H,2-4,7-14,16-17H2,1H3/t20?,22-,24-,25+/m0/s1. The van der Waals surface area contributed by atoms with Crippen LogP contribution in [0.25, 0.3) is 0 Å². The van der Waals surface area contributed by atoms with E-state index in [1.165, 1.54) is 84.1 Å². The first kappa shape index (κ1) is 17.8. The van der Waals surface area contributed by atoms with Crippen LogP contribution in [0.15, 0.2) is 18.2 Å². The molecule has 2 aliphatic carbocycles. The predicted molar refractivity (Wildman–Crippen MR) is 113 cm³/mol. The molecule has 6 aliphatic rings. The molecule has 3 nitrogen and oxygen atoms in total. The van der Waals surface area contributed by atoms with Crippen molar-refractivity contribution in [2.45, 2.75) is 62.8 Å². The number of hydrogen-bond acceptors (Lipinski definition) is 3. The minimum absolute atomic E-state index is 0.441. The third-order valence-electron chi connectivity index (χ3n) is 9.42. The average molecular weight is 381 g/mol. The maximum absolute atomic E-state index is 5.63. The molecular formula is C25H36N2O. The minimum atomic E-state index is 0.441. The van der Waals surface area contributed by atoms with Crippen LogP contribution in [0.4, 0.5) is 0 Å². The van der Waals surface area contributed by atoms with E-state index in [-0.39, 0.29) is 0 Å². The highest BCUT2D eigenvalue weighted by Crippen LogP contribution is 2.56. The fourth-order valence-corrected chi connectivity index (χ4v) is 8.01. The molecule has 4 atom stereocenters. The van der Waals surface area contributed by atoms with Gasteiger partial charge in [-0.1, -0.05) is 18.9 Å². The SMILES string of the molecule is COc1ccc2c(c1)[C@@]13CCCC[C@H]1[C@H](C2)N(CC1CN2CCC1CC2)CC3. The van der Waals surface area contributed by atoms with Gasteiger partial charge in [0.2, 0.25) is 0 Å². The second kappa shape index (κ2) is 6.74. The van der Waals surface area contributed by atoms with Crippen molar-refractivity contribution in [1.82, 2.24) is 9.80 Å². The van der Waals surface area contributed by atoms with E-state index in [1.807, 2.05) is 7.11 Å². The smallest absolute Gasteiger partial charge is 0.119 e. The highest BCUT2D eigenvalue weighted by atomic mass is 16.5. The van der Waals surface area contributed by atoms with Gasteiger partial charge in [0, 0.05) is 24.5 Å². The molecule has 5 fully saturated rings. The average Bonchev–Trinajstić information content (AvgIpc) is 2.76. The van der Waals surface area contributed by atoms with Crippen LogP contribution in [0.1, 0.15) is 56.1 Å². The zero-order valence-corrected chi connectivity index (χ0v) is 17.5. The monoisotopic (exact) mass is 380 g/mol. The van der Waals surface area contributed by atoms with E-state index in [0.717, 1.165) is 29.5 Å². The van der Waals surface area contributed by atoms with E-state index in [4.69, 9.17) is 4.74 Å². The van der Waals surface area contributed by atoms with Crippen molar-refractivity contribution in [2.24, 2.45) is 17.8 Å². The summed E-state index contributed by atoms with van der Waals surface area (Å²) in [6, 6.07) is 7.79. The molecule has 4 saturated heterocycles. The lowest BCUT2D eigenvalue weighted by atomic mass is 9.52. The fraction of sp³-hybridized carbons (Fsp3) is 0.760. The third-order valence-corrected chi connectivity index (χ3v) is 9.42. The van der Waals surface area contributed by atoms with Crippen molar-refractivity contribution in [3.63, 3.8) is 0 Å². The molecule has 0 N–H and O–H groups in total. The second-order valence-electron chi connectivity index (χ2n) is 10.4. The molecule has 3 heteroatoms. The molecule has 152 valence electrons. The van der Waals surface area contributed by atoms with Gasteiger partial charge in [-0.05, 0) is 99.2 Å². The first-order chi connectivity index (χ1) is 13.8. The van der Waals surface area contributed by atoms with E-state index in [0.29, 0.717) is 5.41 Å². The van der Waals surface area contributed by atoms with Gasteiger partial charge in [-0.15, -0.1) is 0 Å². The molecule has 1 saturated carbocycles. The normalized spacial score (nSPS) is 42.0. The molecule has 1 aromatic carbocycles. The van der Waals surface area contributed by atoms with Gasteiger partial charge < -0.3 is 9.64 Å². The van der Waals surface area contributed by atoms with Crippen LogP contribution in [-0.2, 0) is 11.8 Å². The molecule has 4 heterocycles. The lowest BCUT2D eigenvalue weighted by molar-refractivity contribution is -0.0413. The molecular weight excluding hydrogens is 344 g/mol. The van der Waals surface area contributed by atoms with Crippen molar-refractivity contribution in [3.8, 4) is 5.75 Å². The summed E-state index contributed by atoms with van der Waals surface area (Å²) in [6.45, 7) is 6.79. The number of rotatable bonds is 3. The molecule has 4 bridgehead atoms. The van der Waals surface area contributed by atoms with E-state index in [2.05, 4.69) is 28.0 Å². The fourth-order valence-electron chi connectivity index (χ4n) is 8.01. The number of nitrogens with zero attached hydrogens (tertiary/aromatic N) is 2. The first-order valence-electron chi connectivity index (χ1n) is 11.9. The van der Waals surface area contributed by atoms with Crippen LogP contribution in [0.2, 0.25) is 0 Å². The van der Waals surface area contributed by atoms with E-state index in [9.17, 15) is 0 Å². The molecule has 1 aromatic rings. The summed E-state index contributed by atoms with van der Waals surface area (Å²) >= 11 is 0. The number of ether oxygens (including phenoxy) is 1. The molecule has 0 spiro atoms. The third kappa shape index (κ3) is 2.61. The Bertz CT molecular complexity index is 740. The molecule has 7 rings (SSSR count). The minimum Gasteiger partial charge on any atom is -0.497 e. The molecule has 0 radical (unpaired) electrons. The lowest BCUT2D eigenvalue weighted by Crippen LogP contribution is -2.62. The summed E-state index contributed by atoms with van der Waals surface area (Å²) in [5, 5.41) is 0. The maximum atomic E-state index is 5.63. The van der Waals surface area contributed by atoms with Crippen LogP contribution in [0, 0.1) is 17.8 Å². The van der Waals surface area contributed by atoms with Gasteiger partial charge in [0.25, 0.3) is 0 Å². The molecule has 28 heavy (non-hydrogen) atoms. The van der Waals surface area contributed by atoms with Gasteiger partial charge in [0.05, 0.1) is 7.11 Å². The van der Waals surface area contributed by atoms with Crippen LogP contribution < -0.4 is 4.74 Å². The number of piperidine rings is 4. The topological polar surface area (TPSA) is 15.7 Å². The second-order valence-corrected chi connectivity index (χ2v) is 10.4. The molecule has 0 aromatic heterocycles. The summed E-state index contributed by atoms with van der Waals surface area (Å²) in [4.78, 5) is 5.70. The number of likely N-dealkylation sites (tertiary alicyclic amines) is 1. The van der Waals surface area contributed by atoms with E-state index in [1.54, 1.807) is 11.1 Å². The van der Waals surface area contributed by atoms with Crippen LogP contribution >= 0.6 is 0 Å². The Hall–Kier alpha value is -1.06. The van der Waals surface area contributed by atoms with Crippen molar-refractivity contribution in [3.05, 3.63) is 29.3 Å². The highest BCUT2D eigenvalue weighted by molar-refractivity contribution is 5.45. The Kier molecular flexibility index (Phi) is 4.28. The van der Waals surface area contributed by atoms with Crippen LogP contribution in [0.3, 0.4) is 0 Å². The van der Waals surface area contributed by atoms with Crippen LogP contribution in [0.5, 0.6) is 5.75 Å². The van der Waals surface area contributed by atoms with Crippen molar-refractivity contribution < 1.29 is 4.74 Å². The largest absolute Gasteiger partial charge is 0.497 e. The zero-order valence-electron chi connectivity index (χ0n) is 17.5. The Balaban J connectivity index is 1.31. The Morgan fingerprint density at radius 2 is 1.96 bits per heavy atom. The maximum Gasteiger partial charge on any atom is 0.119 e. The highest BCUT2D eigenvalue weighted by Gasteiger charge is 2.54. The van der Waals surface area contributed by atoms with Gasteiger partial charge in [-0.25, -0.2) is 0 Å². The zero-order chi connectivity index (χ0) is 18.7. The van der Waals surface area contributed by atoms with Crippen molar-refractivity contribution in [1.29, 1.82) is 0 Å². The Labute approximate surface area is 170 Å². The van der Waals surface area contributed by atoms with Gasteiger partial charge in [0.15, 0.2) is 0 Å². The van der Waals surface area contributed by atoms with Gasteiger partial charge in [-0.3, -0.25) is 4.90 Å². The van der Waals surface area contributed by atoms with Crippen molar-refractivity contribution in [2.75, 3.05) is 39.8 Å². The Morgan fingerprint density at radius 3 is 2.75 bits per heavy atom. The summed E-state index contributed by atoms with van der Waals surface area (Å²) < 4.78 is 5.63. The van der Waals surface area contributed by atoms with Gasteiger partial charge >= 0.3 is 0 Å². The number of methoxy groups -OCH3 is 1. The molecule has 4 aliphatic heterocycles. The molecule has 0 amide bonds. The predicted octanol–water partition coefficient (Wildman–Crippen LogP) is 4.10. The number of hydrogen-bond donors (Lipinski definition) is 0. The summed E-state index contributed by atoms with van der Waals surface area (Å²) in [7, 11) is 1.82. The number of benzene rings is 1. The van der Waals surface area contributed by atoms with Gasteiger partial charge in [-0.2, -0.15) is 0 Å². The number of fused-ring (bicyclic) bond motifs is 4. The van der Waals surface area contributed by atoms with E-state index < -0.39 is 0 Å². The summed E-state index contributed by atoms with van der Waals surface area (Å²) in [5.41, 5.74) is 3.73. The Morgan fingerprint density at radius 1 is 1.07 bits per heavy atom. The van der Waals surface area contributed by atoms with Gasteiger partial charge in [0.1, 0.15) is 5.75 Å². The van der Waals surface area contributed by atoms with Crippen molar-refractivity contribution >= 4 is 0 Å². The first-order valence-corrected chi connectivity index (χ1v) is 11.9. The summed E-state index contributed by atoms with van der Waals surface area (Å²) in [6.07, 6.45) is 11.3. The lowest BCUT2D eigenvalue weighted by Gasteiger charge is -2.60. The molecule has 1 unspecified atom stereocenters. The summed E-state index contributed by atoms with van der Waals surface area (Å²) in [5.74, 6) is 3.86. The quantitative estimate of drug-likeness (QED) is 0.785. The van der Waals surface area contributed by atoms with Crippen LogP contribution in [-0.4, -0.2) is 55.7 Å². The van der Waals surface area contributed by atoms with E-state index >= 15 is 0 Å².